The van der Waals surface area contributed by atoms with Crippen LogP contribution in [0.2, 0.25) is 0 Å². The van der Waals surface area contributed by atoms with Crippen molar-refractivity contribution in [2.45, 2.75) is 12.7 Å². The maximum atomic E-state index is 10.6. The van der Waals surface area contributed by atoms with Crippen LogP contribution in [0.15, 0.2) is 66.9 Å². The Balaban J connectivity index is 0.000000345. The number of alkyl halides is 3. The molecule has 2 aromatic carbocycles. The van der Waals surface area contributed by atoms with Crippen molar-refractivity contribution in [3.63, 3.8) is 0 Å². The standard InChI is InChI=1S/C17H16N4.C2HF3O2/c18-12-13-6-8-15(9-7-13)20-17-19-11-10-16(21-17)14-4-2-1-3-5-14;3-2(4,5)1(6)7/h1-11H,12,18H2,(H,19,20,21);(H,6,7). The average molecular weight is 390 g/mol. The van der Waals surface area contributed by atoms with Gasteiger partial charge in [-0.3, -0.25) is 0 Å². The van der Waals surface area contributed by atoms with Gasteiger partial charge in [0.25, 0.3) is 0 Å². The number of carboxylic acids is 1. The van der Waals surface area contributed by atoms with E-state index in [0.717, 1.165) is 22.5 Å². The Labute approximate surface area is 158 Å². The van der Waals surface area contributed by atoms with Crippen molar-refractivity contribution < 1.29 is 23.1 Å². The van der Waals surface area contributed by atoms with Crippen LogP contribution in [0.25, 0.3) is 11.3 Å². The van der Waals surface area contributed by atoms with E-state index in [1.165, 1.54) is 0 Å². The molecule has 0 aliphatic carbocycles. The smallest absolute Gasteiger partial charge is 0.475 e. The topological polar surface area (TPSA) is 101 Å². The van der Waals surface area contributed by atoms with Crippen molar-refractivity contribution in [3.8, 4) is 11.3 Å². The molecule has 28 heavy (non-hydrogen) atoms. The molecule has 0 bridgehead atoms. The van der Waals surface area contributed by atoms with E-state index in [4.69, 9.17) is 15.6 Å². The highest BCUT2D eigenvalue weighted by Crippen LogP contribution is 2.19. The quantitative estimate of drug-likeness (QED) is 0.623. The molecule has 3 aromatic rings. The van der Waals surface area contributed by atoms with Crippen LogP contribution >= 0.6 is 0 Å². The lowest BCUT2D eigenvalue weighted by Crippen LogP contribution is -2.21. The number of benzene rings is 2. The number of hydrogen-bond acceptors (Lipinski definition) is 5. The lowest BCUT2D eigenvalue weighted by atomic mass is 10.1. The molecule has 146 valence electrons. The number of carboxylic acid groups (broad SMARTS) is 1. The van der Waals surface area contributed by atoms with Crippen LogP contribution in [0.4, 0.5) is 24.8 Å². The van der Waals surface area contributed by atoms with Gasteiger partial charge in [-0.2, -0.15) is 13.2 Å². The summed E-state index contributed by atoms with van der Waals surface area (Å²) >= 11 is 0. The van der Waals surface area contributed by atoms with Crippen molar-refractivity contribution in [1.82, 2.24) is 9.97 Å². The van der Waals surface area contributed by atoms with Crippen molar-refractivity contribution in [3.05, 3.63) is 72.4 Å². The van der Waals surface area contributed by atoms with Gasteiger partial charge < -0.3 is 16.2 Å². The minimum absolute atomic E-state index is 0.542. The van der Waals surface area contributed by atoms with Crippen molar-refractivity contribution in [2.24, 2.45) is 5.73 Å². The summed E-state index contributed by atoms with van der Waals surface area (Å²) in [6.07, 6.45) is -3.33. The molecule has 4 N–H and O–H groups in total. The Morgan fingerprint density at radius 3 is 2.18 bits per heavy atom. The van der Waals surface area contributed by atoms with Crippen LogP contribution in [-0.4, -0.2) is 27.2 Å². The minimum atomic E-state index is -5.08. The zero-order valence-electron chi connectivity index (χ0n) is 14.5. The first-order valence-electron chi connectivity index (χ1n) is 8.04. The molecule has 0 fully saturated rings. The Bertz CT molecular complexity index is 901. The lowest BCUT2D eigenvalue weighted by molar-refractivity contribution is -0.192. The van der Waals surface area contributed by atoms with Gasteiger partial charge in [-0.05, 0) is 23.8 Å². The Kier molecular flexibility index (Phi) is 7.05. The number of nitrogens with two attached hydrogens (primary N) is 1. The normalized spacial score (nSPS) is 10.6. The van der Waals surface area contributed by atoms with Crippen molar-refractivity contribution in [2.75, 3.05) is 5.32 Å². The molecule has 1 aromatic heterocycles. The maximum Gasteiger partial charge on any atom is 0.490 e. The van der Waals surface area contributed by atoms with E-state index in [-0.39, 0.29) is 0 Å². The number of nitrogens with one attached hydrogen (secondary N) is 1. The summed E-state index contributed by atoms with van der Waals surface area (Å²) in [5.41, 5.74) is 9.60. The maximum absolute atomic E-state index is 10.6. The van der Waals surface area contributed by atoms with Crippen LogP contribution in [0, 0.1) is 0 Å². The number of hydrogen-bond donors (Lipinski definition) is 3. The van der Waals surface area contributed by atoms with Crippen LogP contribution in [0.1, 0.15) is 5.56 Å². The molecule has 0 saturated carbocycles. The summed E-state index contributed by atoms with van der Waals surface area (Å²) in [5, 5.41) is 10.3. The van der Waals surface area contributed by atoms with E-state index < -0.39 is 12.1 Å². The summed E-state index contributed by atoms with van der Waals surface area (Å²) in [5.74, 6) is -2.18. The highest BCUT2D eigenvalue weighted by atomic mass is 19.4. The predicted octanol–water partition coefficient (Wildman–Crippen LogP) is 3.98. The first-order chi connectivity index (χ1) is 13.3. The highest BCUT2D eigenvalue weighted by molar-refractivity contribution is 5.73. The summed E-state index contributed by atoms with van der Waals surface area (Å²) in [6, 6.07) is 19.9. The van der Waals surface area contributed by atoms with Crippen LogP contribution < -0.4 is 11.1 Å². The molecule has 3 rings (SSSR count). The second-order valence-corrected chi connectivity index (χ2v) is 5.46. The Morgan fingerprint density at radius 1 is 1.04 bits per heavy atom. The third-order valence-electron chi connectivity index (χ3n) is 3.41. The molecule has 9 heteroatoms. The second-order valence-electron chi connectivity index (χ2n) is 5.46. The zero-order valence-corrected chi connectivity index (χ0v) is 14.5. The van der Waals surface area contributed by atoms with E-state index in [0.29, 0.717) is 12.5 Å². The molecule has 1 heterocycles. The van der Waals surface area contributed by atoms with Crippen molar-refractivity contribution >= 4 is 17.6 Å². The van der Waals surface area contributed by atoms with E-state index in [2.05, 4.69) is 15.3 Å². The molecule has 0 spiro atoms. The molecule has 0 radical (unpaired) electrons. The van der Waals surface area contributed by atoms with Gasteiger partial charge in [0.05, 0.1) is 5.69 Å². The lowest BCUT2D eigenvalue weighted by Gasteiger charge is -2.07. The van der Waals surface area contributed by atoms with Gasteiger partial charge in [0.15, 0.2) is 0 Å². The van der Waals surface area contributed by atoms with Gasteiger partial charge in [0.2, 0.25) is 5.95 Å². The third kappa shape index (κ3) is 6.36. The fraction of sp³-hybridized carbons (Fsp3) is 0.105. The highest BCUT2D eigenvalue weighted by Gasteiger charge is 2.38. The van der Waals surface area contributed by atoms with Crippen LogP contribution in [-0.2, 0) is 11.3 Å². The molecule has 0 atom stereocenters. The van der Waals surface area contributed by atoms with E-state index >= 15 is 0 Å². The van der Waals surface area contributed by atoms with Crippen molar-refractivity contribution in [1.29, 1.82) is 0 Å². The first-order valence-corrected chi connectivity index (χ1v) is 8.04. The van der Waals surface area contributed by atoms with Gasteiger partial charge in [-0.1, -0.05) is 42.5 Å². The summed E-state index contributed by atoms with van der Waals surface area (Å²) in [6.45, 7) is 0.542. The van der Waals surface area contributed by atoms with Gasteiger partial charge in [0.1, 0.15) is 0 Å². The minimum Gasteiger partial charge on any atom is -0.475 e. The Hall–Kier alpha value is -3.46. The number of aliphatic carboxylic acids is 1. The van der Waals surface area contributed by atoms with E-state index in [1.807, 2.05) is 60.7 Å². The fourth-order valence-electron chi connectivity index (χ4n) is 2.04. The monoisotopic (exact) mass is 390 g/mol. The predicted molar refractivity (Wildman–Crippen MR) is 98.8 cm³/mol. The molecular formula is C19H17F3N4O2. The number of anilines is 2. The van der Waals surface area contributed by atoms with Crippen LogP contribution in [0.3, 0.4) is 0 Å². The Morgan fingerprint density at radius 2 is 1.64 bits per heavy atom. The number of halogens is 3. The van der Waals surface area contributed by atoms with Gasteiger partial charge in [-0.25, -0.2) is 14.8 Å². The molecular weight excluding hydrogens is 373 g/mol. The summed E-state index contributed by atoms with van der Waals surface area (Å²) in [7, 11) is 0. The van der Waals surface area contributed by atoms with Gasteiger partial charge >= 0.3 is 12.1 Å². The average Bonchev–Trinajstić information content (AvgIpc) is 2.69. The number of nitrogens with zero attached hydrogens (tertiary/aromatic N) is 2. The van der Waals surface area contributed by atoms with Gasteiger partial charge in [0, 0.05) is 24.0 Å². The SMILES string of the molecule is NCc1ccc(Nc2nccc(-c3ccccc3)n2)cc1.O=C(O)C(F)(F)F. The number of aromatic nitrogens is 2. The molecule has 6 nitrogen and oxygen atoms in total. The largest absolute Gasteiger partial charge is 0.490 e. The van der Waals surface area contributed by atoms with Crippen LogP contribution in [0.5, 0.6) is 0 Å². The first kappa shape index (κ1) is 20.8. The zero-order chi connectivity index (χ0) is 20.6. The molecule has 0 saturated heterocycles. The number of carbonyl (C=O) groups is 1. The summed E-state index contributed by atoms with van der Waals surface area (Å²) in [4.78, 5) is 17.7. The van der Waals surface area contributed by atoms with Gasteiger partial charge in [-0.15, -0.1) is 0 Å². The second kappa shape index (κ2) is 9.47. The fourth-order valence-corrected chi connectivity index (χ4v) is 2.04. The third-order valence-corrected chi connectivity index (χ3v) is 3.41. The molecule has 0 unspecified atom stereocenters. The molecule has 0 aliphatic rings. The molecule has 0 amide bonds. The summed E-state index contributed by atoms with van der Waals surface area (Å²) < 4.78 is 31.7. The van der Waals surface area contributed by atoms with E-state index in [9.17, 15) is 13.2 Å². The van der Waals surface area contributed by atoms with E-state index in [1.54, 1.807) is 6.20 Å². The molecule has 0 aliphatic heterocycles. The number of rotatable bonds is 4.